The summed E-state index contributed by atoms with van der Waals surface area (Å²) in [6, 6.07) is 6.18. The molecule has 5 heteroatoms. The van der Waals surface area contributed by atoms with Crippen LogP contribution < -0.4 is 15.4 Å². The predicted molar refractivity (Wildman–Crippen MR) is 99.6 cm³/mol. The molecule has 21 heavy (non-hydrogen) atoms. The van der Waals surface area contributed by atoms with E-state index in [0.717, 1.165) is 18.3 Å². The lowest BCUT2D eigenvalue weighted by atomic mass is 10.1. The van der Waals surface area contributed by atoms with E-state index in [-0.39, 0.29) is 24.0 Å². The lowest BCUT2D eigenvalue weighted by Gasteiger charge is -2.10. The van der Waals surface area contributed by atoms with Crippen molar-refractivity contribution in [2.75, 3.05) is 26.2 Å². The highest BCUT2D eigenvalue weighted by molar-refractivity contribution is 14.0. The number of aliphatic imine (C=N–C) groups is 1. The molecule has 0 aromatic heterocycles. The summed E-state index contributed by atoms with van der Waals surface area (Å²) < 4.78 is 5.70. The number of aryl methyl sites for hydroxylation is 2. The van der Waals surface area contributed by atoms with Crippen LogP contribution in [0, 0.1) is 26.2 Å². The highest BCUT2D eigenvalue weighted by Crippen LogP contribution is 2.15. The van der Waals surface area contributed by atoms with Gasteiger partial charge in [-0.2, -0.15) is 0 Å². The fraction of sp³-hybridized carbons (Fsp3) is 0.438. The van der Waals surface area contributed by atoms with Crippen molar-refractivity contribution in [1.82, 2.24) is 10.6 Å². The van der Waals surface area contributed by atoms with Crippen LogP contribution in [0.4, 0.5) is 0 Å². The molecule has 0 aliphatic carbocycles. The molecule has 0 atom stereocenters. The van der Waals surface area contributed by atoms with Crippen molar-refractivity contribution in [2.45, 2.75) is 20.8 Å². The molecule has 0 bridgehead atoms. The summed E-state index contributed by atoms with van der Waals surface area (Å²) in [4.78, 5) is 4.38. The molecule has 0 amide bonds. The number of halogens is 1. The molecule has 1 aromatic carbocycles. The number of nitrogens with one attached hydrogen (secondary N) is 2. The molecule has 0 unspecified atom stereocenters. The lowest BCUT2D eigenvalue weighted by molar-refractivity contribution is 0.328. The number of guanidine groups is 1. The molecule has 116 valence electrons. The molecule has 0 spiro atoms. The third kappa shape index (κ3) is 8.45. The normalized spacial score (nSPS) is 10.3. The molecular weight excluding hydrogens is 377 g/mol. The fourth-order valence-electron chi connectivity index (χ4n) is 1.81. The van der Waals surface area contributed by atoms with Crippen molar-refractivity contribution < 1.29 is 4.74 Å². The van der Waals surface area contributed by atoms with Crippen LogP contribution in [-0.4, -0.2) is 32.2 Å². The zero-order chi connectivity index (χ0) is 14.8. The van der Waals surface area contributed by atoms with Crippen LogP contribution in [0.5, 0.6) is 5.75 Å². The first-order valence-corrected chi connectivity index (χ1v) is 6.82. The first-order chi connectivity index (χ1) is 9.65. The van der Waals surface area contributed by atoms with E-state index in [2.05, 4.69) is 41.5 Å². The Kier molecular flexibility index (Phi) is 10.5. The Bertz CT molecular complexity index is 475. The molecule has 0 aliphatic rings. The van der Waals surface area contributed by atoms with Gasteiger partial charge in [-0.05, 0) is 44.0 Å². The van der Waals surface area contributed by atoms with E-state index < -0.39 is 0 Å². The zero-order valence-corrected chi connectivity index (χ0v) is 15.2. The summed E-state index contributed by atoms with van der Waals surface area (Å²) in [6.45, 7) is 8.51. The van der Waals surface area contributed by atoms with Crippen LogP contribution in [0.1, 0.15) is 18.1 Å². The minimum Gasteiger partial charge on any atom is -0.492 e. The Balaban J connectivity index is 0.00000400. The minimum atomic E-state index is 0. The summed E-state index contributed by atoms with van der Waals surface area (Å²) in [5, 5.41) is 6.16. The topological polar surface area (TPSA) is 45.7 Å². The van der Waals surface area contributed by atoms with Crippen LogP contribution in [0.2, 0.25) is 0 Å². The average molecular weight is 401 g/mol. The summed E-state index contributed by atoms with van der Waals surface area (Å²) in [5.41, 5.74) is 2.40. The van der Waals surface area contributed by atoms with Gasteiger partial charge >= 0.3 is 0 Å². The summed E-state index contributed by atoms with van der Waals surface area (Å²) in [6.07, 6.45) is 5.21. The van der Waals surface area contributed by atoms with Crippen LogP contribution in [0.3, 0.4) is 0 Å². The molecule has 0 fully saturated rings. The molecule has 0 radical (unpaired) electrons. The molecule has 1 aromatic rings. The van der Waals surface area contributed by atoms with Crippen molar-refractivity contribution in [3.63, 3.8) is 0 Å². The van der Waals surface area contributed by atoms with Crippen molar-refractivity contribution in [3.8, 4) is 18.1 Å². The van der Waals surface area contributed by atoms with Gasteiger partial charge < -0.3 is 15.4 Å². The summed E-state index contributed by atoms with van der Waals surface area (Å²) in [5.74, 6) is 4.13. The van der Waals surface area contributed by atoms with Gasteiger partial charge in [0.05, 0.1) is 13.1 Å². The van der Waals surface area contributed by atoms with Gasteiger partial charge in [0.25, 0.3) is 0 Å². The van der Waals surface area contributed by atoms with E-state index in [1.165, 1.54) is 11.1 Å². The summed E-state index contributed by atoms with van der Waals surface area (Å²) in [7, 11) is 0. The molecule has 0 heterocycles. The van der Waals surface area contributed by atoms with E-state index in [1.807, 2.05) is 19.1 Å². The number of rotatable bonds is 6. The second-order valence-electron chi connectivity index (χ2n) is 4.49. The van der Waals surface area contributed by atoms with Gasteiger partial charge in [0.15, 0.2) is 5.96 Å². The van der Waals surface area contributed by atoms with Crippen molar-refractivity contribution >= 4 is 29.9 Å². The maximum Gasteiger partial charge on any atom is 0.192 e. The van der Waals surface area contributed by atoms with E-state index in [0.29, 0.717) is 19.7 Å². The van der Waals surface area contributed by atoms with Gasteiger partial charge in [0, 0.05) is 6.54 Å². The lowest BCUT2D eigenvalue weighted by Crippen LogP contribution is -2.37. The third-order valence-electron chi connectivity index (χ3n) is 2.53. The van der Waals surface area contributed by atoms with Crippen LogP contribution in [0.15, 0.2) is 23.2 Å². The second kappa shape index (κ2) is 11.3. The molecular formula is C16H24IN3O. The molecule has 0 saturated heterocycles. The van der Waals surface area contributed by atoms with Gasteiger partial charge in [-0.25, -0.2) is 4.99 Å². The molecule has 0 saturated carbocycles. The average Bonchev–Trinajstić information content (AvgIpc) is 2.39. The largest absolute Gasteiger partial charge is 0.492 e. The molecule has 0 aliphatic heterocycles. The number of nitrogens with zero attached hydrogens (tertiary/aromatic N) is 1. The Morgan fingerprint density at radius 1 is 1.24 bits per heavy atom. The van der Waals surface area contributed by atoms with E-state index in [9.17, 15) is 0 Å². The zero-order valence-electron chi connectivity index (χ0n) is 12.9. The van der Waals surface area contributed by atoms with Crippen molar-refractivity contribution in [1.29, 1.82) is 0 Å². The number of benzene rings is 1. The number of hydrogen-bond donors (Lipinski definition) is 2. The van der Waals surface area contributed by atoms with Crippen LogP contribution >= 0.6 is 24.0 Å². The fourth-order valence-corrected chi connectivity index (χ4v) is 1.81. The van der Waals surface area contributed by atoms with Gasteiger partial charge in [-0.3, -0.25) is 0 Å². The Morgan fingerprint density at radius 2 is 1.90 bits per heavy atom. The highest BCUT2D eigenvalue weighted by Gasteiger charge is 1.98. The first kappa shape index (κ1) is 19.6. The Hall–Kier alpha value is -1.42. The highest BCUT2D eigenvalue weighted by atomic mass is 127. The summed E-state index contributed by atoms with van der Waals surface area (Å²) >= 11 is 0. The number of terminal acetylenes is 1. The maximum atomic E-state index is 5.70. The molecule has 4 nitrogen and oxygen atoms in total. The second-order valence-corrected chi connectivity index (χ2v) is 4.49. The van der Waals surface area contributed by atoms with E-state index in [4.69, 9.17) is 11.2 Å². The standard InChI is InChI=1S/C16H23N3O.HI/c1-5-7-18-16(17-6-2)19-8-9-20-15-11-13(3)10-14(4)12-15;/h1,10-12H,6-9H2,2-4H3,(H2,17,18,19);1H. The van der Waals surface area contributed by atoms with Gasteiger partial charge in [0.1, 0.15) is 12.4 Å². The number of hydrogen-bond acceptors (Lipinski definition) is 2. The molecule has 2 N–H and O–H groups in total. The quantitative estimate of drug-likeness (QED) is 0.253. The van der Waals surface area contributed by atoms with Gasteiger partial charge in [-0.1, -0.05) is 12.0 Å². The van der Waals surface area contributed by atoms with Crippen molar-refractivity contribution in [2.24, 2.45) is 4.99 Å². The van der Waals surface area contributed by atoms with E-state index >= 15 is 0 Å². The smallest absolute Gasteiger partial charge is 0.192 e. The predicted octanol–water partition coefficient (Wildman–Crippen LogP) is 2.49. The first-order valence-electron chi connectivity index (χ1n) is 6.82. The van der Waals surface area contributed by atoms with Crippen LogP contribution in [-0.2, 0) is 0 Å². The number of ether oxygens (including phenoxy) is 1. The van der Waals surface area contributed by atoms with Crippen LogP contribution in [0.25, 0.3) is 0 Å². The minimum absolute atomic E-state index is 0. The Labute approximate surface area is 144 Å². The Morgan fingerprint density at radius 3 is 2.48 bits per heavy atom. The van der Waals surface area contributed by atoms with Crippen molar-refractivity contribution in [3.05, 3.63) is 29.3 Å². The van der Waals surface area contributed by atoms with E-state index in [1.54, 1.807) is 0 Å². The SMILES string of the molecule is C#CCNC(=NCCOc1cc(C)cc(C)c1)NCC.I. The monoisotopic (exact) mass is 401 g/mol. The van der Waals surface area contributed by atoms with Gasteiger partial charge in [-0.15, -0.1) is 30.4 Å². The molecule has 1 rings (SSSR count). The third-order valence-corrected chi connectivity index (χ3v) is 2.53. The van der Waals surface area contributed by atoms with Gasteiger partial charge in [0.2, 0.25) is 0 Å². The maximum absolute atomic E-state index is 5.70.